The topological polar surface area (TPSA) is 78.1 Å². The highest BCUT2D eigenvalue weighted by molar-refractivity contribution is 5.89. The van der Waals surface area contributed by atoms with Gasteiger partial charge in [-0.2, -0.15) is 0 Å². The predicted octanol–water partition coefficient (Wildman–Crippen LogP) is 2.22. The standard InChI is InChI=1S/C15H24N2O5/c1-5-21-14(22-6-2)10-16-15(18)17-11-7-12(19-3)9-13(8-11)20-4/h7-9,14H,5-6,10H2,1-4H3,(H2,16,17,18). The van der Waals surface area contributed by atoms with Crippen LogP contribution in [0.3, 0.4) is 0 Å². The van der Waals surface area contributed by atoms with Crippen LogP contribution in [0.5, 0.6) is 11.5 Å². The van der Waals surface area contributed by atoms with Gasteiger partial charge in [-0.15, -0.1) is 0 Å². The first kappa shape index (κ1) is 18.1. The first-order chi connectivity index (χ1) is 10.6. The van der Waals surface area contributed by atoms with E-state index in [0.29, 0.717) is 30.4 Å². The fraction of sp³-hybridized carbons (Fsp3) is 0.533. The number of methoxy groups -OCH3 is 2. The van der Waals surface area contributed by atoms with Crippen molar-refractivity contribution in [2.75, 3.05) is 39.3 Å². The number of rotatable bonds is 9. The molecule has 0 aliphatic carbocycles. The fourth-order valence-corrected chi connectivity index (χ4v) is 1.77. The van der Waals surface area contributed by atoms with Crippen LogP contribution in [0.1, 0.15) is 13.8 Å². The van der Waals surface area contributed by atoms with E-state index in [2.05, 4.69) is 10.6 Å². The Labute approximate surface area is 130 Å². The second-order valence-electron chi connectivity index (χ2n) is 4.28. The zero-order valence-electron chi connectivity index (χ0n) is 13.5. The average molecular weight is 312 g/mol. The van der Waals surface area contributed by atoms with Crippen LogP contribution in [0, 0.1) is 0 Å². The third-order valence-electron chi connectivity index (χ3n) is 2.74. The molecule has 7 nitrogen and oxygen atoms in total. The number of hydrogen-bond acceptors (Lipinski definition) is 5. The molecular formula is C15H24N2O5. The zero-order chi connectivity index (χ0) is 16.4. The lowest BCUT2D eigenvalue weighted by Crippen LogP contribution is -2.37. The number of carbonyl (C=O) groups excluding carboxylic acids is 1. The monoisotopic (exact) mass is 312 g/mol. The minimum atomic E-state index is -0.458. The number of nitrogens with one attached hydrogen (secondary N) is 2. The molecule has 7 heteroatoms. The minimum Gasteiger partial charge on any atom is -0.497 e. The highest BCUT2D eigenvalue weighted by Gasteiger charge is 2.11. The van der Waals surface area contributed by atoms with Gasteiger partial charge in [-0.1, -0.05) is 0 Å². The quantitative estimate of drug-likeness (QED) is 0.684. The molecule has 0 fully saturated rings. The van der Waals surface area contributed by atoms with E-state index < -0.39 is 6.29 Å². The van der Waals surface area contributed by atoms with Gasteiger partial charge in [0, 0.05) is 37.1 Å². The summed E-state index contributed by atoms with van der Waals surface area (Å²) in [5.41, 5.74) is 0.568. The summed E-state index contributed by atoms with van der Waals surface area (Å²) in [5.74, 6) is 1.19. The van der Waals surface area contributed by atoms with Crippen LogP contribution in [-0.2, 0) is 9.47 Å². The molecule has 2 N–H and O–H groups in total. The lowest BCUT2D eigenvalue weighted by Gasteiger charge is -2.17. The van der Waals surface area contributed by atoms with E-state index in [9.17, 15) is 4.79 Å². The maximum atomic E-state index is 11.9. The van der Waals surface area contributed by atoms with Crippen molar-refractivity contribution < 1.29 is 23.7 Å². The van der Waals surface area contributed by atoms with Crippen molar-refractivity contribution in [2.24, 2.45) is 0 Å². The lowest BCUT2D eigenvalue weighted by molar-refractivity contribution is -0.131. The van der Waals surface area contributed by atoms with Gasteiger partial charge in [-0.25, -0.2) is 4.79 Å². The van der Waals surface area contributed by atoms with Crippen molar-refractivity contribution >= 4 is 11.7 Å². The summed E-state index contributed by atoms with van der Waals surface area (Å²) in [4.78, 5) is 11.9. The molecule has 1 aromatic carbocycles. The van der Waals surface area contributed by atoms with E-state index >= 15 is 0 Å². The Kier molecular flexibility index (Phi) is 8.09. The number of urea groups is 1. The summed E-state index contributed by atoms with van der Waals surface area (Å²) in [5, 5.41) is 5.40. The van der Waals surface area contributed by atoms with Crippen LogP contribution in [-0.4, -0.2) is 46.3 Å². The Hall–Kier alpha value is -1.99. The van der Waals surface area contributed by atoms with Crippen molar-refractivity contribution in [1.29, 1.82) is 0 Å². The molecule has 0 radical (unpaired) electrons. The molecule has 0 aliphatic heterocycles. The second kappa shape index (κ2) is 9.86. The van der Waals surface area contributed by atoms with E-state index in [1.807, 2.05) is 13.8 Å². The van der Waals surface area contributed by atoms with Gasteiger partial charge in [0.2, 0.25) is 0 Å². The Balaban J connectivity index is 2.57. The molecule has 1 aromatic rings. The van der Waals surface area contributed by atoms with E-state index in [4.69, 9.17) is 18.9 Å². The van der Waals surface area contributed by atoms with E-state index in [1.165, 1.54) is 0 Å². The van der Waals surface area contributed by atoms with Gasteiger partial charge < -0.3 is 29.6 Å². The molecular weight excluding hydrogens is 288 g/mol. The maximum Gasteiger partial charge on any atom is 0.319 e. The molecule has 0 spiro atoms. The van der Waals surface area contributed by atoms with Gasteiger partial charge in [0.05, 0.1) is 20.8 Å². The van der Waals surface area contributed by atoms with Crippen LogP contribution in [0.25, 0.3) is 0 Å². The largest absolute Gasteiger partial charge is 0.497 e. The molecule has 2 amide bonds. The average Bonchev–Trinajstić information content (AvgIpc) is 2.52. The molecule has 22 heavy (non-hydrogen) atoms. The van der Waals surface area contributed by atoms with Crippen molar-refractivity contribution in [1.82, 2.24) is 5.32 Å². The molecule has 0 unspecified atom stereocenters. The summed E-state index contributed by atoms with van der Waals surface area (Å²) in [6.07, 6.45) is -0.458. The lowest BCUT2D eigenvalue weighted by atomic mass is 10.3. The molecule has 0 atom stereocenters. The van der Waals surface area contributed by atoms with E-state index in [-0.39, 0.29) is 12.6 Å². The summed E-state index contributed by atoms with van der Waals surface area (Å²) in [6.45, 7) is 5.03. The van der Waals surface area contributed by atoms with Crippen LogP contribution in [0.4, 0.5) is 10.5 Å². The van der Waals surface area contributed by atoms with E-state index in [0.717, 1.165) is 0 Å². The Morgan fingerprint density at radius 2 is 1.59 bits per heavy atom. The smallest absolute Gasteiger partial charge is 0.319 e. The summed E-state index contributed by atoms with van der Waals surface area (Å²) >= 11 is 0. The first-order valence-electron chi connectivity index (χ1n) is 7.14. The molecule has 1 rings (SSSR count). The van der Waals surface area contributed by atoms with Crippen molar-refractivity contribution in [3.63, 3.8) is 0 Å². The second-order valence-corrected chi connectivity index (χ2v) is 4.28. The van der Waals surface area contributed by atoms with Crippen LogP contribution in [0.2, 0.25) is 0 Å². The van der Waals surface area contributed by atoms with Crippen molar-refractivity contribution in [3.05, 3.63) is 18.2 Å². The highest BCUT2D eigenvalue weighted by atomic mass is 16.7. The number of benzene rings is 1. The fourth-order valence-electron chi connectivity index (χ4n) is 1.77. The third kappa shape index (κ3) is 6.19. The van der Waals surface area contributed by atoms with Crippen molar-refractivity contribution in [3.8, 4) is 11.5 Å². The molecule has 0 saturated carbocycles. The molecule has 0 aromatic heterocycles. The predicted molar refractivity (Wildman–Crippen MR) is 83.6 cm³/mol. The first-order valence-corrected chi connectivity index (χ1v) is 7.14. The minimum absolute atomic E-state index is 0.259. The Morgan fingerprint density at radius 1 is 1.05 bits per heavy atom. The molecule has 0 bridgehead atoms. The van der Waals surface area contributed by atoms with Gasteiger partial charge in [0.25, 0.3) is 0 Å². The molecule has 0 aliphatic rings. The van der Waals surface area contributed by atoms with Gasteiger partial charge in [0.15, 0.2) is 6.29 Å². The van der Waals surface area contributed by atoms with Crippen molar-refractivity contribution in [2.45, 2.75) is 20.1 Å². The highest BCUT2D eigenvalue weighted by Crippen LogP contribution is 2.25. The van der Waals surface area contributed by atoms with Crippen LogP contribution >= 0.6 is 0 Å². The van der Waals surface area contributed by atoms with Gasteiger partial charge in [-0.3, -0.25) is 0 Å². The zero-order valence-corrected chi connectivity index (χ0v) is 13.5. The Bertz CT molecular complexity index is 439. The maximum absolute atomic E-state index is 11.9. The van der Waals surface area contributed by atoms with Crippen LogP contribution < -0.4 is 20.1 Å². The van der Waals surface area contributed by atoms with Gasteiger partial charge in [-0.05, 0) is 13.8 Å². The summed E-state index contributed by atoms with van der Waals surface area (Å²) in [7, 11) is 3.10. The number of anilines is 1. The molecule has 0 heterocycles. The SMILES string of the molecule is CCOC(CNC(=O)Nc1cc(OC)cc(OC)c1)OCC. The normalized spacial score (nSPS) is 10.4. The molecule has 0 saturated heterocycles. The number of amides is 2. The number of ether oxygens (including phenoxy) is 4. The van der Waals surface area contributed by atoms with E-state index in [1.54, 1.807) is 32.4 Å². The summed E-state index contributed by atoms with van der Waals surface area (Å²) < 4.78 is 21.0. The Morgan fingerprint density at radius 3 is 2.05 bits per heavy atom. The van der Waals surface area contributed by atoms with Crippen LogP contribution in [0.15, 0.2) is 18.2 Å². The van der Waals surface area contributed by atoms with Gasteiger partial charge >= 0.3 is 6.03 Å². The third-order valence-corrected chi connectivity index (χ3v) is 2.74. The molecule has 124 valence electrons. The summed E-state index contributed by atoms with van der Waals surface area (Å²) in [6, 6.07) is 4.76. The number of hydrogen-bond donors (Lipinski definition) is 2. The number of carbonyl (C=O) groups is 1. The van der Waals surface area contributed by atoms with Gasteiger partial charge in [0.1, 0.15) is 11.5 Å².